The molecule has 0 amide bonds. The molecule has 0 aromatic heterocycles. The zero-order valence-electron chi connectivity index (χ0n) is 7.51. The molecule has 0 aliphatic carbocycles. The predicted octanol–water partition coefficient (Wildman–Crippen LogP) is 2.08. The smallest absolute Gasteiger partial charge is 0.147 e. The second-order valence-electron chi connectivity index (χ2n) is 3.10. The van der Waals surface area contributed by atoms with E-state index in [9.17, 15) is 4.79 Å². The Hall–Kier alpha value is -0.830. The van der Waals surface area contributed by atoms with Crippen molar-refractivity contribution in [2.24, 2.45) is 0 Å². The van der Waals surface area contributed by atoms with Crippen molar-refractivity contribution in [2.45, 2.75) is 13.3 Å². The van der Waals surface area contributed by atoms with E-state index in [4.69, 9.17) is 5.73 Å². The number of hydrogen-bond acceptors (Lipinski definition) is 2. The maximum atomic E-state index is 11.1. The number of Topliss-reactive ketones (excluding diaryl/α,β-unsaturated/α-hetero) is 1. The number of benzene rings is 1. The van der Waals surface area contributed by atoms with Crippen LogP contribution in [0.15, 0.2) is 18.2 Å². The molecule has 0 saturated heterocycles. The Morgan fingerprint density at radius 3 is 2.69 bits per heavy atom. The molecule has 1 aromatic rings. The third kappa shape index (κ3) is 3.19. The van der Waals surface area contributed by atoms with Crippen LogP contribution in [0.2, 0.25) is 0 Å². The largest absolute Gasteiger partial charge is 0.399 e. The molecule has 0 radical (unpaired) electrons. The first-order chi connectivity index (χ1) is 6.11. The van der Waals surface area contributed by atoms with Crippen LogP contribution in [0.1, 0.15) is 11.1 Å². The Balaban J connectivity index is 2.83. The zero-order valence-corrected chi connectivity index (χ0v) is 9.10. The summed E-state index contributed by atoms with van der Waals surface area (Å²) in [6.45, 7) is 1.97. The summed E-state index contributed by atoms with van der Waals surface area (Å²) in [6.07, 6.45) is 0.455. The van der Waals surface area contributed by atoms with Gasteiger partial charge in [0.05, 0.1) is 5.33 Å². The number of ketones is 1. The average Bonchev–Trinajstić information content (AvgIpc) is 2.02. The molecule has 70 valence electrons. The molecule has 0 spiro atoms. The number of carbonyl (C=O) groups is 1. The number of nitrogen functional groups attached to an aromatic ring is 1. The monoisotopic (exact) mass is 241 g/mol. The van der Waals surface area contributed by atoms with E-state index in [0.29, 0.717) is 11.8 Å². The van der Waals surface area contributed by atoms with Gasteiger partial charge in [-0.1, -0.05) is 22.0 Å². The quantitative estimate of drug-likeness (QED) is 0.651. The van der Waals surface area contributed by atoms with Crippen LogP contribution < -0.4 is 5.73 Å². The Labute approximate surface area is 86.3 Å². The third-order valence-electron chi connectivity index (χ3n) is 1.71. The van der Waals surface area contributed by atoms with Gasteiger partial charge in [-0.3, -0.25) is 4.79 Å². The van der Waals surface area contributed by atoms with Gasteiger partial charge in [-0.15, -0.1) is 0 Å². The van der Waals surface area contributed by atoms with Crippen LogP contribution >= 0.6 is 15.9 Å². The van der Waals surface area contributed by atoms with Gasteiger partial charge in [-0.05, 0) is 30.2 Å². The van der Waals surface area contributed by atoms with Crippen LogP contribution in [0.4, 0.5) is 5.69 Å². The van der Waals surface area contributed by atoms with E-state index in [-0.39, 0.29) is 5.78 Å². The Bertz CT molecular complexity index is 302. The lowest BCUT2D eigenvalue weighted by Gasteiger charge is -2.02. The molecule has 0 fully saturated rings. The van der Waals surface area contributed by atoms with Gasteiger partial charge in [-0.2, -0.15) is 0 Å². The van der Waals surface area contributed by atoms with Crippen LogP contribution in [0.25, 0.3) is 0 Å². The minimum absolute atomic E-state index is 0.171. The highest BCUT2D eigenvalue weighted by molar-refractivity contribution is 9.09. The molecule has 0 aliphatic heterocycles. The van der Waals surface area contributed by atoms with Crippen LogP contribution in [0.3, 0.4) is 0 Å². The lowest BCUT2D eigenvalue weighted by Crippen LogP contribution is -2.04. The first kappa shape index (κ1) is 10.3. The second-order valence-corrected chi connectivity index (χ2v) is 3.66. The molecule has 0 bridgehead atoms. The number of carbonyl (C=O) groups excluding carboxylic acids is 1. The highest BCUT2D eigenvalue weighted by atomic mass is 79.9. The van der Waals surface area contributed by atoms with Crippen molar-refractivity contribution in [1.82, 2.24) is 0 Å². The summed E-state index contributed by atoms with van der Waals surface area (Å²) >= 11 is 3.13. The summed E-state index contributed by atoms with van der Waals surface area (Å²) < 4.78 is 0. The van der Waals surface area contributed by atoms with Crippen molar-refractivity contribution in [3.63, 3.8) is 0 Å². The van der Waals surface area contributed by atoms with Gasteiger partial charge >= 0.3 is 0 Å². The van der Waals surface area contributed by atoms with E-state index in [1.807, 2.05) is 25.1 Å². The summed E-state index contributed by atoms with van der Waals surface area (Å²) in [5.41, 5.74) is 8.46. The van der Waals surface area contributed by atoms with E-state index in [2.05, 4.69) is 15.9 Å². The molecule has 0 heterocycles. The van der Waals surface area contributed by atoms with Gasteiger partial charge in [0.15, 0.2) is 0 Å². The highest BCUT2D eigenvalue weighted by Crippen LogP contribution is 2.12. The fourth-order valence-corrected chi connectivity index (χ4v) is 1.47. The molecule has 3 heteroatoms. The number of rotatable bonds is 3. The Morgan fingerprint density at radius 2 is 2.15 bits per heavy atom. The maximum absolute atomic E-state index is 11.1. The SMILES string of the molecule is Cc1cc(N)cc(CC(=O)CBr)c1. The average molecular weight is 242 g/mol. The van der Waals surface area contributed by atoms with Gasteiger partial charge in [0, 0.05) is 12.1 Å². The number of halogens is 1. The summed E-state index contributed by atoms with van der Waals surface area (Å²) in [4.78, 5) is 11.1. The number of aryl methyl sites for hydroxylation is 1. The molecular formula is C10H12BrNO. The van der Waals surface area contributed by atoms with Crippen molar-refractivity contribution in [2.75, 3.05) is 11.1 Å². The normalized spacial score (nSPS) is 10.0. The molecule has 0 aliphatic rings. The molecule has 1 rings (SSSR count). The van der Waals surface area contributed by atoms with E-state index in [1.54, 1.807) is 0 Å². The molecule has 2 nitrogen and oxygen atoms in total. The topological polar surface area (TPSA) is 43.1 Å². The van der Waals surface area contributed by atoms with Gasteiger partial charge in [0.2, 0.25) is 0 Å². The van der Waals surface area contributed by atoms with Crippen LogP contribution in [-0.4, -0.2) is 11.1 Å². The number of alkyl halides is 1. The first-order valence-corrected chi connectivity index (χ1v) is 5.17. The van der Waals surface area contributed by atoms with E-state index in [0.717, 1.165) is 16.8 Å². The molecule has 13 heavy (non-hydrogen) atoms. The summed E-state index contributed by atoms with van der Waals surface area (Å²) in [5, 5.41) is 0.404. The minimum atomic E-state index is 0.171. The molecular weight excluding hydrogens is 230 g/mol. The number of anilines is 1. The van der Waals surface area contributed by atoms with Crippen molar-refractivity contribution >= 4 is 27.4 Å². The Kier molecular flexibility index (Phi) is 3.48. The number of nitrogens with two attached hydrogens (primary N) is 1. The van der Waals surface area contributed by atoms with Crippen molar-refractivity contribution in [3.05, 3.63) is 29.3 Å². The summed E-state index contributed by atoms with van der Waals surface area (Å²) in [6, 6.07) is 5.71. The molecule has 0 atom stereocenters. The van der Waals surface area contributed by atoms with Crippen LogP contribution in [-0.2, 0) is 11.2 Å². The highest BCUT2D eigenvalue weighted by Gasteiger charge is 2.02. The third-order valence-corrected chi connectivity index (χ3v) is 2.34. The summed E-state index contributed by atoms with van der Waals surface area (Å²) in [5.74, 6) is 0.171. The predicted molar refractivity (Wildman–Crippen MR) is 58.1 cm³/mol. The van der Waals surface area contributed by atoms with Gasteiger partial charge in [0.25, 0.3) is 0 Å². The van der Waals surface area contributed by atoms with Crippen molar-refractivity contribution in [3.8, 4) is 0 Å². The fraction of sp³-hybridized carbons (Fsp3) is 0.300. The standard InChI is InChI=1S/C10H12BrNO/c1-7-2-8(4-9(12)3-7)5-10(13)6-11/h2-4H,5-6,12H2,1H3. The fourth-order valence-electron chi connectivity index (χ4n) is 1.27. The second kappa shape index (κ2) is 4.42. The van der Waals surface area contributed by atoms with Crippen LogP contribution in [0, 0.1) is 6.92 Å². The summed E-state index contributed by atoms with van der Waals surface area (Å²) in [7, 11) is 0. The lowest BCUT2D eigenvalue weighted by molar-refractivity contribution is -0.115. The van der Waals surface area contributed by atoms with E-state index >= 15 is 0 Å². The van der Waals surface area contributed by atoms with Gasteiger partial charge in [0.1, 0.15) is 5.78 Å². The molecule has 0 unspecified atom stereocenters. The minimum Gasteiger partial charge on any atom is -0.399 e. The van der Waals surface area contributed by atoms with E-state index in [1.165, 1.54) is 0 Å². The lowest BCUT2D eigenvalue weighted by atomic mass is 10.1. The number of hydrogen-bond donors (Lipinski definition) is 1. The van der Waals surface area contributed by atoms with E-state index < -0.39 is 0 Å². The molecule has 1 aromatic carbocycles. The molecule has 2 N–H and O–H groups in total. The van der Waals surface area contributed by atoms with Crippen molar-refractivity contribution in [1.29, 1.82) is 0 Å². The maximum Gasteiger partial charge on any atom is 0.147 e. The Morgan fingerprint density at radius 1 is 1.46 bits per heavy atom. The zero-order chi connectivity index (χ0) is 9.84. The van der Waals surface area contributed by atoms with Crippen molar-refractivity contribution < 1.29 is 4.79 Å². The van der Waals surface area contributed by atoms with Crippen LogP contribution in [0.5, 0.6) is 0 Å². The molecule has 0 saturated carbocycles. The van der Waals surface area contributed by atoms with Gasteiger partial charge < -0.3 is 5.73 Å². The first-order valence-electron chi connectivity index (χ1n) is 4.05. The van der Waals surface area contributed by atoms with Gasteiger partial charge in [-0.25, -0.2) is 0 Å².